The van der Waals surface area contributed by atoms with Crippen molar-refractivity contribution >= 4 is 23.4 Å². The van der Waals surface area contributed by atoms with Crippen molar-refractivity contribution in [2.24, 2.45) is 5.92 Å². The maximum atomic E-state index is 13.4. The highest BCUT2D eigenvalue weighted by Crippen LogP contribution is 2.27. The Morgan fingerprint density at radius 2 is 1.94 bits per heavy atom. The van der Waals surface area contributed by atoms with Crippen LogP contribution in [0.4, 0.5) is 0 Å². The summed E-state index contributed by atoms with van der Waals surface area (Å²) >= 11 is 6.13. The Labute approximate surface area is 194 Å². The largest absolute Gasteiger partial charge is 0.497 e. The molecule has 1 saturated heterocycles. The van der Waals surface area contributed by atoms with E-state index >= 15 is 0 Å². The molecule has 3 unspecified atom stereocenters. The zero-order valence-corrected chi connectivity index (χ0v) is 19.1. The molecule has 32 heavy (non-hydrogen) atoms. The van der Waals surface area contributed by atoms with Crippen LogP contribution in [0, 0.1) is 5.92 Å². The first-order valence-corrected chi connectivity index (χ1v) is 11.7. The zero-order valence-electron chi connectivity index (χ0n) is 18.4. The van der Waals surface area contributed by atoms with Crippen LogP contribution in [0.5, 0.6) is 5.75 Å². The first-order valence-electron chi connectivity index (χ1n) is 11.3. The fourth-order valence-corrected chi connectivity index (χ4v) is 4.87. The SMILES string of the molecule is COc1ccc(CCN(CC2NC(=O)C3CCCCC3N2)C(=O)c2cccc(Cl)c2)cc1. The van der Waals surface area contributed by atoms with Crippen molar-refractivity contribution in [1.29, 1.82) is 0 Å². The Morgan fingerprint density at radius 3 is 2.69 bits per heavy atom. The second-order valence-corrected chi connectivity index (χ2v) is 9.02. The van der Waals surface area contributed by atoms with E-state index in [0.29, 0.717) is 30.1 Å². The van der Waals surface area contributed by atoms with E-state index in [1.165, 1.54) is 0 Å². The monoisotopic (exact) mass is 455 g/mol. The lowest BCUT2D eigenvalue weighted by Gasteiger charge is -2.41. The summed E-state index contributed by atoms with van der Waals surface area (Å²) in [6, 6.07) is 15.0. The predicted octanol–water partition coefficient (Wildman–Crippen LogP) is 3.64. The number of nitrogens with zero attached hydrogens (tertiary/aromatic N) is 1. The third kappa shape index (κ3) is 5.43. The fraction of sp³-hybridized carbons (Fsp3) is 0.440. The normalized spacial score (nSPS) is 22.6. The van der Waals surface area contributed by atoms with Gasteiger partial charge in [0.2, 0.25) is 5.91 Å². The molecule has 2 aromatic carbocycles. The quantitative estimate of drug-likeness (QED) is 0.668. The van der Waals surface area contributed by atoms with Gasteiger partial charge in [-0.25, -0.2) is 0 Å². The molecular formula is C25H30ClN3O3. The van der Waals surface area contributed by atoms with Gasteiger partial charge in [0.25, 0.3) is 5.91 Å². The van der Waals surface area contributed by atoms with Crippen molar-refractivity contribution in [3.63, 3.8) is 0 Å². The van der Waals surface area contributed by atoms with E-state index in [0.717, 1.165) is 37.0 Å². The molecule has 1 aliphatic carbocycles. The van der Waals surface area contributed by atoms with Gasteiger partial charge in [0.05, 0.1) is 25.7 Å². The van der Waals surface area contributed by atoms with Crippen molar-refractivity contribution in [2.45, 2.75) is 44.3 Å². The highest BCUT2D eigenvalue weighted by molar-refractivity contribution is 6.30. The lowest BCUT2D eigenvalue weighted by molar-refractivity contribution is -0.131. The van der Waals surface area contributed by atoms with Gasteiger partial charge in [0, 0.05) is 23.2 Å². The van der Waals surface area contributed by atoms with Gasteiger partial charge < -0.3 is 15.0 Å². The van der Waals surface area contributed by atoms with Gasteiger partial charge in [-0.1, -0.05) is 42.6 Å². The summed E-state index contributed by atoms with van der Waals surface area (Å²) in [5.41, 5.74) is 1.66. The molecule has 1 saturated carbocycles. The third-order valence-corrected chi connectivity index (χ3v) is 6.66. The van der Waals surface area contributed by atoms with Crippen LogP contribution in [0.25, 0.3) is 0 Å². The van der Waals surface area contributed by atoms with E-state index in [-0.39, 0.29) is 29.9 Å². The van der Waals surface area contributed by atoms with Gasteiger partial charge >= 0.3 is 0 Å². The number of amides is 2. The average molecular weight is 456 g/mol. The van der Waals surface area contributed by atoms with E-state index < -0.39 is 0 Å². The zero-order chi connectivity index (χ0) is 22.5. The molecule has 170 valence electrons. The highest BCUT2D eigenvalue weighted by Gasteiger charge is 2.38. The van der Waals surface area contributed by atoms with E-state index in [9.17, 15) is 9.59 Å². The number of methoxy groups -OCH3 is 1. The second-order valence-electron chi connectivity index (χ2n) is 8.58. The average Bonchev–Trinajstić information content (AvgIpc) is 2.81. The van der Waals surface area contributed by atoms with Gasteiger partial charge in [-0.15, -0.1) is 0 Å². The van der Waals surface area contributed by atoms with Gasteiger partial charge in [0.15, 0.2) is 0 Å². The van der Waals surface area contributed by atoms with Crippen LogP contribution in [0.15, 0.2) is 48.5 Å². The van der Waals surface area contributed by atoms with E-state index in [1.54, 1.807) is 36.3 Å². The number of rotatable bonds is 7. The molecular weight excluding hydrogens is 426 g/mol. The molecule has 1 aliphatic heterocycles. The predicted molar refractivity (Wildman–Crippen MR) is 125 cm³/mol. The molecule has 2 amide bonds. The molecule has 1 heterocycles. The topological polar surface area (TPSA) is 70.7 Å². The molecule has 0 spiro atoms. The van der Waals surface area contributed by atoms with Crippen molar-refractivity contribution in [1.82, 2.24) is 15.5 Å². The minimum Gasteiger partial charge on any atom is -0.497 e. The van der Waals surface area contributed by atoms with Crippen LogP contribution in [-0.2, 0) is 11.2 Å². The van der Waals surface area contributed by atoms with Crippen molar-refractivity contribution < 1.29 is 14.3 Å². The number of hydrogen-bond donors (Lipinski definition) is 2. The fourth-order valence-electron chi connectivity index (χ4n) is 4.68. The van der Waals surface area contributed by atoms with E-state index in [1.807, 2.05) is 24.3 Å². The molecule has 7 heteroatoms. The second kappa shape index (κ2) is 10.4. The molecule has 0 aromatic heterocycles. The smallest absolute Gasteiger partial charge is 0.254 e. The number of carbonyl (C=O) groups is 2. The molecule has 6 nitrogen and oxygen atoms in total. The summed E-state index contributed by atoms with van der Waals surface area (Å²) < 4.78 is 5.23. The number of halogens is 1. The Kier molecular flexibility index (Phi) is 7.33. The van der Waals surface area contributed by atoms with Gasteiger partial charge in [-0.05, 0) is 55.2 Å². The van der Waals surface area contributed by atoms with Crippen molar-refractivity contribution in [2.75, 3.05) is 20.2 Å². The minimum atomic E-state index is -0.263. The maximum Gasteiger partial charge on any atom is 0.254 e. The van der Waals surface area contributed by atoms with Crippen LogP contribution in [0.1, 0.15) is 41.6 Å². The summed E-state index contributed by atoms with van der Waals surface area (Å²) in [5.74, 6) is 0.847. The molecule has 2 aliphatic rings. The Bertz CT molecular complexity index is 950. The third-order valence-electron chi connectivity index (χ3n) is 6.43. The summed E-state index contributed by atoms with van der Waals surface area (Å²) in [7, 11) is 1.64. The Morgan fingerprint density at radius 1 is 1.16 bits per heavy atom. The summed E-state index contributed by atoms with van der Waals surface area (Å²) in [4.78, 5) is 27.8. The van der Waals surface area contributed by atoms with E-state index in [2.05, 4.69) is 10.6 Å². The van der Waals surface area contributed by atoms with Crippen LogP contribution in [-0.4, -0.2) is 49.1 Å². The standard InChI is InChI=1S/C25H30ClN3O3/c1-32-20-11-9-17(10-12-20)13-14-29(25(31)18-5-4-6-19(26)15-18)16-23-27-22-8-3-2-7-21(22)24(30)28-23/h4-6,9-12,15,21-23,27H,2-3,7-8,13-14,16H2,1H3,(H,28,30). The Balaban J connectivity index is 1.48. The summed E-state index contributed by atoms with van der Waals surface area (Å²) in [6.45, 7) is 0.927. The van der Waals surface area contributed by atoms with Crippen LogP contribution < -0.4 is 15.4 Å². The van der Waals surface area contributed by atoms with Gasteiger partial charge in [-0.3, -0.25) is 14.9 Å². The number of ether oxygens (including phenoxy) is 1. The molecule has 0 radical (unpaired) electrons. The van der Waals surface area contributed by atoms with E-state index in [4.69, 9.17) is 16.3 Å². The minimum absolute atomic E-state index is 0.0383. The molecule has 4 rings (SSSR count). The molecule has 2 N–H and O–H groups in total. The highest BCUT2D eigenvalue weighted by atomic mass is 35.5. The Hall–Kier alpha value is -2.57. The van der Waals surface area contributed by atoms with Gasteiger partial charge in [0.1, 0.15) is 5.75 Å². The van der Waals surface area contributed by atoms with Crippen molar-refractivity contribution in [3.05, 3.63) is 64.7 Å². The molecule has 3 atom stereocenters. The van der Waals surface area contributed by atoms with Crippen LogP contribution >= 0.6 is 11.6 Å². The molecule has 2 aromatic rings. The van der Waals surface area contributed by atoms with Crippen LogP contribution in [0.2, 0.25) is 5.02 Å². The number of benzene rings is 2. The van der Waals surface area contributed by atoms with Crippen molar-refractivity contribution in [3.8, 4) is 5.75 Å². The number of hydrogen-bond acceptors (Lipinski definition) is 4. The number of nitrogens with one attached hydrogen (secondary N) is 2. The summed E-state index contributed by atoms with van der Waals surface area (Å²) in [6.07, 6.45) is 4.60. The molecule has 2 fully saturated rings. The van der Waals surface area contributed by atoms with Crippen LogP contribution in [0.3, 0.4) is 0 Å². The first kappa shape index (κ1) is 22.6. The maximum absolute atomic E-state index is 13.4. The number of fused-ring (bicyclic) bond motifs is 1. The lowest BCUT2D eigenvalue weighted by atomic mass is 9.82. The lowest BCUT2D eigenvalue weighted by Crippen LogP contribution is -2.65. The molecule has 0 bridgehead atoms. The first-order chi connectivity index (χ1) is 15.5. The summed E-state index contributed by atoms with van der Waals surface area (Å²) in [5, 5.41) is 7.20. The van der Waals surface area contributed by atoms with Gasteiger partial charge in [-0.2, -0.15) is 0 Å². The number of carbonyl (C=O) groups excluding carboxylic acids is 2.